The van der Waals surface area contributed by atoms with Crippen LogP contribution in [0.4, 0.5) is 0 Å². The third kappa shape index (κ3) is 3.48. The van der Waals surface area contributed by atoms with Gasteiger partial charge in [-0.2, -0.15) is 5.26 Å². The molecule has 0 aromatic rings. The van der Waals surface area contributed by atoms with Crippen molar-refractivity contribution in [2.75, 3.05) is 0 Å². The minimum atomic E-state index is -0.568. The monoisotopic (exact) mass is 248 g/mol. The van der Waals surface area contributed by atoms with Gasteiger partial charge in [0.05, 0.1) is 6.07 Å². The minimum Gasteiger partial charge on any atom is -0.338 e. The number of nitrogens with zero attached hydrogens (tertiary/aromatic N) is 1. The molecule has 3 heteroatoms. The van der Waals surface area contributed by atoms with Gasteiger partial charge in [0.25, 0.3) is 0 Å². The predicted molar refractivity (Wildman–Crippen MR) is 70.8 cm³/mol. The highest BCUT2D eigenvalue weighted by Crippen LogP contribution is 2.30. The van der Waals surface area contributed by atoms with Crippen LogP contribution in [0.3, 0.4) is 0 Å². The fraction of sp³-hybridized carbons (Fsp3) is 0.867. The van der Waals surface area contributed by atoms with E-state index in [0.717, 1.165) is 25.7 Å². The van der Waals surface area contributed by atoms with Gasteiger partial charge in [-0.15, -0.1) is 0 Å². The third-order valence-corrected chi connectivity index (χ3v) is 4.50. The van der Waals surface area contributed by atoms with Crippen molar-refractivity contribution in [1.29, 1.82) is 5.26 Å². The van der Waals surface area contributed by atoms with Crippen LogP contribution in [0.1, 0.15) is 70.6 Å². The highest BCUT2D eigenvalue weighted by Gasteiger charge is 2.32. The zero-order valence-corrected chi connectivity index (χ0v) is 11.2. The highest BCUT2D eigenvalue weighted by atomic mass is 16.1. The number of amides is 1. The van der Waals surface area contributed by atoms with Gasteiger partial charge in [-0.3, -0.25) is 4.79 Å². The van der Waals surface area contributed by atoms with Gasteiger partial charge >= 0.3 is 0 Å². The molecule has 2 saturated carbocycles. The first-order valence-electron chi connectivity index (χ1n) is 7.46. The van der Waals surface area contributed by atoms with Gasteiger partial charge in [0.2, 0.25) is 5.91 Å². The van der Waals surface area contributed by atoms with E-state index < -0.39 is 5.54 Å². The smallest absolute Gasteiger partial charge is 0.221 e. The van der Waals surface area contributed by atoms with Crippen molar-refractivity contribution in [1.82, 2.24) is 5.32 Å². The van der Waals surface area contributed by atoms with Crippen molar-refractivity contribution < 1.29 is 4.79 Å². The van der Waals surface area contributed by atoms with Crippen molar-refractivity contribution in [3.8, 4) is 6.07 Å². The molecule has 2 rings (SSSR count). The van der Waals surface area contributed by atoms with Crippen LogP contribution in [-0.4, -0.2) is 11.4 Å². The largest absolute Gasteiger partial charge is 0.338 e. The lowest BCUT2D eigenvalue weighted by atomic mass is 9.81. The number of carbonyl (C=O) groups excluding carboxylic acids is 1. The van der Waals surface area contributed by atoms with Crippen molar-refractivity contribution in [2.24, 2.45) is 5.92 Å². The van der Waals surface area contributed by atoms with E-state index in [1.165, 1.54) is 38.5 Å². The molecule has 18 heavy (non-hydrogen) atoms. The van der Waals surface area contributed by atoms with E-state index >= 15 is 0 Å². The van der Waals surface area contributed by atoms with E-state index in [1.807, 2.05) is 0 Å². The molecule has 0 spiro atoms. The summed E-state index contributed by atoms with van der Waals surface area (Å²) >= 11 is 0. The summed E-state index contributed by atoms with van der Waals surface area (Å²) in [7, 11) is 0. The molecule has 0 aromatic heterocycles. The molecular formula is C15H24N2O. The molecule has 1 N–H and O–H groups in total. The predicted octanol–water partition coefficient (Wildman–Crippen LogP) is 3.30. The summed E-state index contributed by atoms with van der Waals surface area (Å²) < 4.78 is 0. The lowest BCUT2D eigenvalue weighted by Gasteiger charge is -2.31. The Bertz CT molecular complexity index is 320. The second-order valence-corrected chi connectivity index (χ2v) is 6.01. The van der Waals surface area contributed by atoms with E-state index in [-0.39, 0.29) is 5.91 Å². The number of rotatable bonds is 3. The average Bonchev–Trinajstić information content (AvgIpc) is 2.28. The van der Waals surface area contributed by atoms with Crippen LogP contribution in [-0.2, 0) is 4.79 Å². The summed E-state index contributed by atoms with van der Waals surface area (Å²) in [5.41, 5.74) is -0.568. The van der Waals surface area contributed by atoms with E-state index in [1.54, 1.807) is 0 Å². The van der Waals surface area contributed by atoms with Crippen LogP contribution in [0.2, 0.25) is 0 Å². The Hall–Kier alpha value is -1.04. The summed E-state index contributed by atoms with van der Waals surface area (Å²) in [5, 5.41) is 12.5. The summed E-state index contributed by atoms with van der Waals surface area (Å²) in [5.74, 6) is 0.677. The number of nitrogens with one attached hydrogen (secondary N) is 1. The van der Waals surface area contributed by atoms with Crippen LogP contribution in [0.15, 0.2) is 0 Å². The molecular weight excluding hydrogens is 224 g/mol. The zero-order valence-electron chi connectivity index (χ0n) is 11.2. The molecule has 0 aromatic carbocycles. The molecule has 0 heterocycles. The Labute approximate surface area is 110 Å². The van der Waals surface area contributed by atoms with Gasteiger partial charge in [-0.1, -0.05) is 38.5 Å². The molecule has 3 nitrogen and oxygen atoms in total. The number of hydrogen-bond acceptors (Lipinski definition) is 2. The normalized spacial score (nSPS) is 24.2. The van der Waals surface area contributed by atoms with E-state index in [2.05, 4.69) is 11.4 Å². The number of carbonyl (C=O) groups is 1. The van der Waals surface area contributed by atoms with Crippen LogP contribution >= 0.6 is 0 Å². The standard InChI is InChI=1S/C15H24N2O/c16-12-15(9-4-2-1-3-5-10-15)17-14(18)11-13-7-6-8-13/h13H,1-11H2,(H,17,18). The lowest BCUT2D eigenvalue weighted by molar-refractivity contribution is -0.124. The molecule has 0 saturated heterocycles. The Morgan fingerprint density at radius 2 is 1.72 bits per heavy atom. The highest BCUT2D eigenvalue weighted by molar-refractivity contribution is 5.77. The molecule has 2 aliphatic carbocycles. The van der Waals surface area contributed by atoms with Gasteiger partial charge < -0.3 is 5.32 Å². The summed E-state index contributed by atoms with van der Waals surface area (Å²) in [6.07, 6.45) is 11.7. The van der Waals surface area contributed by atoms with Crippen molar-refractivity contribution in [2.45, 2.75) is 76.2 Å². The van der Waals surface area contributed by atoms with Crippen LogP contribution in [0.25, 0.3) is 0 Å². The summed E-state index contributed by atoms with van der Waals surface area (Å²) in [6.45, 7) is 0. The van der Waals surface area contributed by atoms with Crippen LogP contribution in [0.5, 0.6) is 0 Å². The third-order valence-electron chi connectivity index (χ3n) is 4.50. The van der Waals surface area contributed by atoms with Crippen LogP contribution in [0, 0.1) is 17.2 Å². The summed E-state index contributed by atoms with van der Waals surface area (Å²) in [6, 6.07) is 2.39. The molecule has 0 atom stereocenters. The maximum Gasteiger partial charge on any atom is 0.221 e. The van der Waals surface area contributed by atoms with Gasteiger partial charge in [0.15, 0.2) is 0 Å². The molecule has 100 valence electrons. The van der Waals surface area contributed by atoms with E-state index in [0.29, 0.717) is 12.3 Å². The van der Waals surface area contributed by atoms with Crippen molar-refractivity contribution in [3.63, 3.8) is 0 Å². The van der Waals surface area contributed by atoms with Crippen molar-refractivity contribution in [3.05, 3.63) is 0 Å². The van der Waals surface area contributed by atoms with Gasteiger partial charge in [-0.25, -0.2) is 0 Å². The lowest BCUT2D eigenvalue weighted by Crippen LogP contribution is -2.48. The Kier molecular flexibility index (Phi) is 4.63. The second-order valence-electron chi connectivity index (χ2n) is 6.01. The zero-order chi connectivity index (χ0) is 12.8. The van der Waals surface area contributed by atoms with E-state index in [4.69, 9.17) is 0 Å². The molecule has 2 fully saturated rings. The van der Waals surface area contributed by atoms with Crippen LogP contribution < -0.4 is 5.32 Å². The summed E-state index contributed by atoms with van der Waals surface area (Å²) in [4.78, 5) is 12.0. The maximum atomic E-state index is 12.0. The molecule has 0 bridgehead atoms. The quantitative estimate of drug-likeness (QED) is 0.833. The topological polar surface area (TPSA) is 52.9 Å². The van der Waals surface area contributed by atoms with Crippen molar-refractivity contribution >= 4 is 5.91 Å². The first-order valence-corrected chi connectivity index (χ1v) is 7.46. The molecule has 0 unspecified atom stereocenters. The van der Waals surface area contributed by atoms with Gasteiger partial charge in [-0.05, 0) is 31.6 Å². The fourth-order valence-electron chi connectivity index (χ4n) is 3.05. The minimum absolute atomic E-state index is 0.0989. The van der Waals surface area contributed by atoms with E-state index in [9.17, 15) is 10.1 Å². The SMILES string of the molecule is N#CC1(NC(=O)CC2CCC2)CCCCCCC1. The maximum absolute atomic E-state index is 12.0. The average molecular weight is 248 g/mol. The number of hydrogen-bond donors (Lipinski definition) is 1. The van der Waals surface area contributed by atoms with Gasteiger partial charge in [0.1, 0.15) is 5.54 Å². The first kappa shape index (κ1) is 13.4. The Morgan fingerprint density at radius 3 is 2.22 bits per heavy atom. The van der Waals surface area contributed by atoms with Gasteiger partial charge in [0, 0.05) is 6.42 Å². The molecule has 1 amide bonds. The molecule has 0 aliphatic heterocycles. The number of nitriles is 1. The second kappa shape index (κ2) is 6.22. The first-order chi connectivity index (χ1) is 8.74. The molecule has 2 aliphatic rings. The Morgan fingerprint density at radius 1 is 1.11 bits per heavy atom. The molecule has 0 radical (unpaired) electrons. The fourth-order valence-corrected chi connectivity index (χ4v) is 3.05. The Balaban J connectivity index is 1.88.